The molecule has 250 valence electrons. The Hall–Kier alpha value is -6.85. The molecule has 0 N–H and O–H groups in total. The first kappa shape index (κ1) is 29.8. The zero-order valence-electron chi connectivity index (χ0n) is 29.2. The fourth-order valence-corrected chi connectivity index (χ4v) is 8.39. The van der Waals surface area contributed by atoms with Crippen LogP contribution < -0.4 is 0 Å². The normalized spacial score (nSPS) is 13.2. The van der Waals surface area contributed by atoms with Gasteiger partial charge in [0.2, 0.25) is 0 Å². The maximum absolute atomic E-state index is 6.38. The van der Waals surface area contributed by atoms with Gasteiger partial charge in [-0.25, -0.2) is 15.0 Å². The third kappa shape index (κ3) is 4.47. The predicted molar refractivity (Wildman–Crippen MR) is 215 cm³/mol. The van der Waals surface area contributed by atoms with Crippen molar-refractivity contribution in [2.45, 2.75) is 19.3 Å². The summed E-state index contributed by atoms with van der Waals surface area (Å²) in [6.45, 7) is 4.70. The van der Waals surface area contributed by atoms with Gasteiger partial charge >= 0.3 is 0 Å². The highest BCUT2D eigenvalue weighted by Gasteiger charge is 2.37. The largest absolute Gasteiger partial charge is 0.456 e. The summed E-state index contributed by atoms with van der Waals surface area (Å²) in [7, 11) is 0. The molecule has 0 atom stereocenters. The summed E-state index contributed by atoms with van der Waals surface area (Å²) in [6, 6.07) is 55.3. The van der Waals surface area contributed by atoms with Gasteiger partial charge in [-0.1, -0.05) is 111 Å². The Balaban J connectivity index is 1.08. The minimum atomic E-state index is -0.169. The van der Waals surface area contributed by atoms with Gasteiger partial charge in [-0.05, 0) is 82.9 Å². The number of rotatable bonds is 4. The number of fused-ring (bicyclic) bond motifs is 9. The zero-order chi connectivity index (χ0) is 35.3. The number of aromatic nitrogens is 4. The van der Waals surface area contributed by atoms with Crippen LogP contribution in [-0.2, 0) is 5.41 Å². The molecule has 0 fully saturated rings. The first-order valence-electron chi connectivity index (χ1n) is 18.0. The molecule has 0 amide bonds. The van der Waals surface area contributed by atoms with E-state index < -0.39 is 0 Å². The average molecular weight is 681 g/mol. The number of nitrogens with zero attached hydrogens (tertiary/aromatic N) is 4. The highest BCUT2D eigenvalue weighted by molar-refractivity contribution is 6.13. The van der Waals surface area contributed by atoms with Crippen LogP contribution in [0.1, 0.15) is 25.0 Å². The van der Waals surface area contributed by atoms with Crippen molar-refractivity contribution < 1.29 is 4.42 Å². The summed E-state index contributed by atoms with van der Waals surface area (Å²) < 4.78 is 8.77. The summed E-state index contributed by atoms with van der Waals surface area (Å²) in [5.41, 5.74) is 13.1. The van der Waals surface area contributed by atoms with Gasteiger partial charge < -0.3 is 8.98 Å². The lowest BCUT2D eigenvalue weighted by Gasteiger charge is -2.21. The van der Waals surface area contributed by atoms with Gasteiger partial charge in [0.25, 0.3) is 0 Å². The van der Waals surface area contributed by atoms with Crippen LogP contribution in [0.5, 0.6) is 0 Å². The van der Waals surface area contributed by atoms with Crippen LogP contribution in [-0.4, -0.2) is 19.5 Å². The summed E-state index contributed by atoms with van der Waals surface area (Å²) >= 11 is 0. The molecule has 5 heteroatoms. The Morgan fingerprint density at radius 3 is 1.62 bits per heavy atom. The first-order chi connectivity index (χ1) is 26.0. The van der Waals surface area contributed by atoms with Gasteiger partial charge in [-0.3, -0.25) is 0 Å². The number of para-hydroxylation sites is 2. The standard InChI is InChI=1S/C48H32N4O/c1-48(2)39-25-37-33-17-9-11-19-41(33)52(42(37)27-35(39)36-28-44-38(26-40(36)48)34-18-10-12-20-43(34)53-44)32-23-21-31(22-24-32)47-50-45(29-13-5-3-6-14-29)49-46(51-47)30-15-7-4-8-16-30/h3-28H,1-2H3. The summed E-state index contributed by atoms with van der Waals surface area (Å²) in [5.74, 6) is 1.94. The SMILES string of the molecule is CC1(C)c2cc3c(cc2-c2cc4c(cc21)c1ccccc1n4-c1ccc(-c2nc(-c4ccccc4)nc(-c4ccccc4)n2)cc1)oc1ccccc13. The molecular formula is C48H32N4O. The fraction of sp³-hybridized carbons (Fsp3) is 0.0625. The molecule has 0 saturated heterocycles. The Labute approximate surface area is 305 Å². The van der Waals surface area contributed by atoms with E-state index in [1.165, 1.54) is 49.4 Å². The monoisotopic (exact) mass is 680 g/mol. The quantitative estimate of drug-likeness (QED) is 0.186. The molecule has 0 unspecified atom stereocenters. The second-order valence-corrected chi connectivity index (χ2v) is 14.5. The van der Waals surface area contributed by atoms with Crippen molar-refractivity contribution in [1.29, 1.82) is 0 Å². The van der Waals surface area contributed by atoms with Gasteiger partial charge in [0.05, 0.1) is 11.0 Å². The number of hydrogen-bond donors (Lipinski definition) is 0. The molecule has 11 rings (SSSR count). The van der Waals surface area contributed by atoms with E-state index in [1.807, 2.05) is 66.7 Å². The smallest absolute Gasteiger partial charge is 0.164 e. The third-order valence-corrected chi connectivity index (χ3v) is 11.0. The van der Waals surface area contributed by atoms with Crippen LogP contribution in [0.4, 0.5) is 0 Å². The van der Waals surface area contributed by atoms with E-state index in [9.17, 15) is 0 Å². The van der Waals surface area contributed by atoms with Crippen LogP contribution in [0.3, 0.4) is 0 Å². The van der Waals surface area contributed by atoms with E-state index in [1.54, 1.807) is 0 Å². The number of furan rings is 1. The van der Waals surface area contributed by atoms with Crippen LogP contribution >= 0.6 is 0 Å². The van der Waals surface area contributed by atoms with Crippen molar-refractivity contribution in [3.8, 4) is 51.0 Å². The molecule has 10 aromatic rings. The van der Waals surface area contributed by atoms with Crippen LogP contribution in [0, 0.1) is 0 Å². The maximum Gasteiger partial charge on any atom is 0.164 e. The second-order valence-electron chi connectivity index (χ2n) is 14.5. The second kappa shape index (κ2) is 11.1. The van der Waals surface area contributed by atoms with Gasteiger partial charge in [-0.2, -0.15) is 0 Å². The van der Waals surface area contributed by atoms with Gasteiger partial charge in [0.1, 0.15) is 11.2 Å². The Morgan fingerprint density at radius 2 is 0.962 bits per heavy atom. The minimum absolute atomic E-state index is 0.169. The lowest BCUT2D eigenvalue weighted by atomic mass is 9.81. The Kier molecular flexibility index (Phi) is 6.23. The average Bonchev–Trinajstić information content (AvgIpc) is 3.81. The van der Waals surface area contributed by atoms with E-state index in [-0.39, 0.29) is 5.41 Å². The van der Waals surface area contributed by atoms with E-state index in [2.05, 4.69) is 109 Å². The predicted octanol–water partition coefficient (Wildman–Crippen LogP) is 12.2. The molecule has 0 bridgehead atoms. The van der Waals surface area contributed by atoms with Gasteiger partial charge in [0.15, 0.2) is 17.5 Å². The maximum atomic E-state index is 6.38. The zero-order valence-corrected chi connectivity index (χ0v) is 29.2. The molecule has 1 aliphatic carbocycles. The van der Waals surface area contributed by atoms with Crippen molar-refractivity contribution >= 4 is 43.7 Å². The molecule has 53 heavy (non-hydrogen) atoms. The van der Waals surface area contributed by atoms with E-state index in [4.69, 9.17) is 19.4 Å². The van der Waals surface area contributed by atoms with Crippen molar-refractivity contribution in [2.24, 2.45) is 0 Å². The van der Waals surface area contributed by atoms with E-state index >= 15 is 0 Å². The molecule has 0 aliphatic heterocycles. The molecule has 0 spiro atoms. The molecule has 1 aliphatic rings. The van der Waals surface area contributed by atoms with Crippen LogP contribution in [0.2, 0.25) is 0 Å². The highest BCUT2D eigenvalue weighted by atomic mass is 16.3. The van der Waals surface area contributed by atoms with Crippen molar-refractivity contribution in [2.75, 3.05) is 0 Å². The van der Waals surface area contributed by atoms with Crippen LogP contribution in [0.15, 0.2) is 162 Å². The van der Waals surface area contributed by atoms with Gasteiger partial charge in [0, 0.05) is 49.3 Å². The molecule has 3 aromatic heterocycles. The van der Waals surface area contributed by atoms with Gasteiger partial charge in [-0.15, -0.1) is 0 Å². The Bertz CT molecular complexity index is 3010. The number of benzene rings is 7. The van der Waals surface area contributed by atoms with Crippen LogP contribution in [0.25, 0.3) is 94.7 Å². The highest BCUT2D eigenvalue weighted by Crippen LogP contribution is 2.52. The molecule has 0 radical (unpaired) electrons. The first-order valence-corrected chi connectivity index (χ1v) is 18.0. The molecular weight excluding hydrogens is 649 g/mol. The lowest BCUT2D eigenvalue weighted by molar-refractivity contribution is 0.658. The number of hydrogen-bond acceptors (Lipinski definition) is 4. The minimum Gasteiger partial charge on any atom is -0.456 e. The fourth-order valence-electron chi connectivity index (χ4n) is 8.39. The van der Waals surface area contributed by atoms with E-state index in [0.29, 0.717) is 17.5 Å². The topological polar surface area (TPSA) is 56.7 Å². The molecule has 3 heterocycles. The third-order valence-electron chi connectivity index (χ3n) is 11.0. The van der Waals surface area contributed by atoms with E-state index in [0.717, 1.165) is 38.9 Å². The lowest BCUT2D eigenvalue weighted by Crippen LogP contribution is -2.14. The summed E-state index contributed by atoms with van der Waals surface area (Å²) in [6.07, 6.45) is 0. The van der Waals surface area contributed by atoms with Crippen molar-refractivity contribution in [1.82, 2.24) is 19.5 Å². The molecule has 5 nitrogen and oxygen atoms in total. The molecule has 7 aromatic carbocycles. The Morgan fingerprint density at radius 1 is 0.434 bits per heavy atom. The van der Waals surface area contributed by atoms with Crippen molar-refractivity contribution in [3.63, 3.8) is 0 Å². The molecule has 0 saturated carbocycles. The summed E-state index contributed by atoms with van der Waals surface area (Å²) in [5, 5.41) is 4.81. The summed E-state index contributed by atoms with van der Waals surface area (Å²) in [4.78, 5) is 14.8. The van der Waals surface area contributed by atoms with Crippen molar-refractivity contribution in [3.05, 3.63) is 169 Å².